The zero-order valence-corrected chi connectivity index (χ0v) is 11.8. The summed E-state index contributed by atoms with van der Waals surface area (Å²) < 4.78 is 0. The summed E-state index contributed by atoms with van der Waals surface area (Å²) in [6, 6.07) is 2.01. The molecule has 1 aliphatic carbocycles. The normalized spacial score (nSPS) is 21.7. The molecule has 2 heterocycles. The number of aromatic nitrogens is 2. The van der Waals surface area contributed by atoms with Gasteiger partial charge in [0.2, 0.25) is 0 Å². The van der Waals surface area contributed by atoms with Gasteiger partial charge in [0.1, 0.15) is 11.6 Å². The lowest BCUT2D eigenvalue weighted by atomic mass is 9.83. The summed E-state index contributed by atoms with van der Waals surface area (Å²) in [7, 11) is 0. The number of hydrogen-bond donors (Lipinski definition) is 1. The van der Waals surface area contributed by atoms with Crippen LogP contribution in [0.15, 0.2) is 12.3 Å². The van der Waals surface area contributed by atoms with Crippen LogP contribution in [-0.4, -0.2) is 33.8 Å². The summed E-state index contributed by atoms with van der Waals surface area (Å²) in [5, 5.41) is 10.1. The van der Waals surface area contributed by atoms with Gasteiger partial charge in [-0.1, -0.05) is 0 Å². The van der Waals surface area contributed by atoms with Crippen molar-refractivity contribution in [2.24, 2.45) is 5.92 Å². The van der Waals surface area contributed by atoms with Crippen LogP contribution in [0.2, 0.25) is 0 Å². The number of rotatable bonds is 3. The second-order valence-electron chi connectivity index (χ2n) is 6.46. The molecule has 3 rings (SSSR count). The maximum Gasteiger partial charge on any atom is 0.133 e. The lowest BCUT2D eigenvalue weighted by Gasteiger charge is -2.38. The smallest absolute Gasteiger partial charge is 0.133 e. The van der Waals surface area contributed by atoms with E-state index in [2.05, 4.69) is 9.88 Å². The van der Waals surface area contributed by atoms with Crippen molar-refractivity contribution in [1.82, 2.24) is 9.97 Å². The van der Waals surface area contributed by atoms with Gasteiger partial charge in [-0.2, -0.15) is 0 Å². The van der Waals surface area contributed by atoms with E-state index in [0.29, 0.717) is 11.8 Å². The molecule has 0 spiro atoms. The summed E-state index contributed by atoms with van der Waals surface area (Å²) in [5.41, 5.74) is -0.559. The van der Waals surface area contributed by atoms with E-state index in [1.54, 1.807) is 0 Å². The zero-order valence-electron chi connectivity index (χ0n) is 11.8. The topological polar surface area (TPSA) is 49.2 Å². The molecule has 1 N–H and O–H groups in total. The average Bonchev–Trinajstić information content (AvgIpc) is 3.22. The molecule has 0 unspecified atom stereocenters. The molecule has 0 amide bonds. The minimum Gasteiger partial charge on any atom is -0.390 e. The van der Waals surface area contributed by atoms with E-state index in [1.807, 2.05) is 26.1 Å². The molecule has 0 aromatic carbocycles. The zero-order chi connectivity index (χ0) is 13.5. The number of piperidine rings is 1. The van der Waals surface area contributed by atoms with Crippen molar-refractivity contribution in [2.75, 3.05) is 18.0 Å². The summed E-state index contributed by atoms with van der Waals surface area (Å²) in [6.45, 7) is 5.80. The largest absolute Gasteiger partial charge is 0.390 e. The van der Waals surface area contributed by atoms with Crippen molar-refractivity contribution >= 4 is 5.82 Å². The Morgan fingerprint density at radius 3 is 2.47 bits per heavy atom. The summed E-state index contributed by atoms with van der Waals surface area (Å²) in [6.07, 6.45) is 6.44. The Labute approximate surface area is 114 Å². The monoisotopic (exact) mass is 261 g/mol. The molecule has 1 aliphatic heterocycles. The molecule has 4 heteroatoms. The Kier molecular flexibility index (Phi) is 3.21. The predicted octanol–water partition coefficient (Wildman–Crippen LogP) is 2.34. The molecule has 2 aliphatic rings. The molecule has 1 saturated carbocycles. The maximum atomic E-state index is 10.1. The predicted molar refractivity (Wildman–Crippen MR) is 75.2 cm³/mol. The van der Waals surface area contributed by atoms with E-state index >= 15 is 0 Å². The number of aliphatic hydroxyl groups is 1. The lowest BCUT2D eigenvalue weighted by Crippen LogP contribution is -2.42. The molecule has 1 aromatic heterocycles. The second kappa shape index (κ2) is 4.75. The minimum absolute atomic E-state index is 0.397. The van der Waals surface area contributed by atoms with Crippen LogP contribution in [0.25, 0.3) is 0 Å². The fraction of sp³-hybridized carbons (Fsp3) is 0.733. The Morgan fingerprint density at radius 1 is 1.21 bits per heavy atom. The van der Waals surface area contributed by atoms with E-state index < -0.39 is 5.60 Å². The van der Waals surface area contributed by atoms with E-state index in [9.17, 15) is 5.11 Å². The molecule has 0 atom stereocenters. The number of hydrogen-bond acceptors (Lipinski definition) is 4. The third-order valence-electron chi connectivity index (χ3n) is 4.42. The van der Waals surface area contributed by atoms with Crippen molar-refractivity contribution in [3.63, 3.8) is 0 Å². The van der Waals surface area contributed by atoms with Crippen LogP contribution in [0.5, 0.6) is 0 Å². The second-order valence-corrected chi connectivity index (χ2v) is 6.46. The van der Waals surface area contributed by atoms with Gasteiger partial charge in [0, 0.05) is 25.2 Å². The summed E-state index contributed by atoms with van der Waals surface area (Å²) in [4.78, 5) is 11.4. The minimum atomic E-state index is -0.559. The summed E-state index contributed by atoms with van der Waals surface area (Å²) in [5.74, 6) is 3.08. The average molecular weight is 261 g/mol. The van der Waals surface area contributed by atoms with Gasteiger partial charge in [-0.05, 0) is 51.5 Å². The highest BCUT2D eigenvalue weighted by Gasteiger charge is 2.31. The Hall–Kier alpha value is -1.16. The fourth-order valence-electron chi connectivity index (χ4n) is 2.89. The van der Waals surface area contributed by atoms with Crippen molar-refractivity contribution in [1.29, 1.82) is 0 Å². The van der Waals surface area contributed by atoms with Crippen LogP contribution >= 0.6 is 0 Å². The van der Waals surface area contributed by atoms with Gasteiger partial charge in [0.15, 0.2) is 0 Å². The van der Waals surface area contributed by atoms with Crippen molar-refractivity contribution in [3.05, 3.63) is 18.1 Å². The first kappa shape index (κ1) is 12.9. The summed E-state index contributed by atoms with van der Waals surface area (Å²) >= 11 is 0. The van der Waals surface area contributed by atoms with Crippen LogP contribution in [-0.2, 0) is 0 Å². The van der Waals surface area contributed by atoms with Crippen LogP contribution in [0.1, 0.15) is 51.3 Å². The number of anilines is 1. The van der Waals surface area contributed by atoms with E-state index in [-0.39, 0.29) is 0 Å². The van der Waals surface area contributed by atoms with Gasteiger partial charge >= 0.3 is 0 Å². The van der Waals surface area contributed by atoms with E-state index in [0.717, 1.165) is 37.6 Å². The fourth-order valence-corrected chi connectivity index (χ4v) is 2.89. The Morgan fingerprint density at radius 2 is 1.89 bits per heavy atom. The molecular weight excluding hydrogens is 238 g/mol. The van der Waals surface area contributed by atoms with Crippen LogP contribution in [0, 0.1) is 5.92 Å². The molecular formula is C15H23N3O. The molecule has 19 heavy (non-hydrogen) atoms. The first-order valence-electron chi connectivity index (χ1n) is 7.34. The van der Waals surface area contributed by atoms with Gasteiger partial charge in [-0.15, -0.1) is 0 Å². The molecule has 4 nitrogen and oxygen atoms in total. The van der Waals surface area contributed by atoms with Crippen molar-refractivity contribution in [2.45, 2.75) is 51.0 Å². The highest BCUT2D eigenvalue weighted by molar-refractivity contribution is 5.38. The molecule has 0 radical (unpaired) electrons. The van der Waals surface area contributed by atoms with E-state index in [4.69, 9.17) is 4.98 Å². The van der Waals surface area contributed by atoms with Gasteiger partial charge in [-0.25, -0.2) is 9.97 Å². The Bertz CT molecular complexity index is 443. The molecule has 1 saturated heterocycles. The quantitative estimate of drug-likeness (QED) is 0.907. The molecule has 2 fully saturated rings. The highest BCUT2D eigenvalue weighted by atomic mass is 16.3. The van der Waals surface area contributed by atoms with Crippen molar-refractivity contribution in [3.8, 4) is 0 Å². The van der Waals surface area contributed by atoms with Crippen LogP contribution in [0.3, 0.4) is 0 Å². The first-order chi connectivity index (χ1) is 9.04. The molecule has 1 aromatic rings. The third kappa shape index (κ3) is 2.89. The highest BCUT2D eigenvalue weighted by Crippen LogP contribution is 2.38. The van der Waals surface area contributed by atoms with Crippen molar-refractivity contribution < 1.29 is 5.11 Å². The standard InChI is InChI=1S/C15H23N3O/c1-15(2,19)12-6-9-18(10-7-12)13-5-8-16-14(17-13)11-3-4-11/h5,8,11-12,19H,3-4,6-7,9-10H2,1-2H3. The van der Waals surface area contributed by atoms with E-state index in [1.165, 1.54) is 12.8 Å². The van der Waals surface area contributed by atoms with Gasteiger partial charge < -0.3 is 10.0 Å². The lowest BCUT2D eigenvalue weighted by molar-refractivity contribution is 0.00645. The van der Waals surface area contributed by atoms with Crippen LogP contribution in [0.4, 0.5) is 5.82 Å². The Balaban J connectivity index is 1.66. The molecule has 104 valence electrons. The van der Waals surface area contributed by atoms with Gasteiger partial charge in [0.25, 0.3) is 0 Å². The number of nitrogens with zero attached hydrogens (tertiary/aromatic N) is 3. The third-order valence-corrected chi connectivity index (χ3v) is 4.42. The molecule has 0 bridgehead atoms. The van der Waals surface area contributed by atoms with Crippen LogP contribution < -0.4 is 4.90 Å². The van der Waals surface area contributed by atoms with Gasteiger partial charge in [0.05, 0.1) is 5.60 Å². The maximum absolute atomic E-state index is 10.1. The first-order valence-corrected chi connectivity index (χ1v) is 7.34. The SMILES string of the molecule is CC(C)(O)C1CCN(c2ccnc(C3CC3)n2)CC1. The van der Waals surface area contributed by atoms with Gasteiger partial charge in [-0.3, -0.25) is 0 Å².